The molecule has 0 radical (unpaired) electrons. The number of nitrogens with one attached hydrogen (secondary N) is 3. The van der Waals surface area contributed by atoms with Crippen LogP contribution in [0.3, 0.4) is 0 Å². The van der Waals surface area contributed by atoms with E-state index in [0.29, 0.717) is 34.4 Å². The van der Waals surface area contributed by atoms with Crippen LogP contribution in [0.2, 0.25) is 0 Å². The van der Waals surface area contributed by atoms with Gasteiger partial charge in [0.05, 0.1) is 10.2 Å². The summed E-state index contributed by atoms with van der Waals surface area (Å²) in [4.78, 5) is 28.1. The molecule has 2 aromatic carbocycles. The van der Waals surface area contributed by atoms with Crippen LogP contribution < -0.4 is 25.4 Å². The van der Waals surface area contributed by atoms with Crippen LogP contribution in [-0.4, -0.2) is 23.7 Å². The molecule has 8 nitrogen and oxygen atoms in total. The van der Waals surface area contributed by atoms with Crippen molar-refractivity contribution in [2.24, 2.45) is 0 Å². The quantitative estimate of drug-likeness (QED) is 0.631. The Kier molecular flexibility index (Phi) is 4.51. The highest BCUT2D eigenvalue weighted by Gasteiger charge is 2.14. The van der Waals surface area contributed by atoms with E-state index in [4.69, 9.17) is 9.47 Å². The number of hydrogen-bond donors (Lipinski definition) is 3. The zero-order valence-electron chi connectivity index (χ0n) is 14.4. The molecule has 1 aliphatic rings. The standard InChI is InChI=1S/C18H16N4O4S/c1-2-16(23)22-18-21-12-5-3-11(8-15(12)27-18)20-17(24)19-10-4-6-13-14(7-10)26-9-25-13/h3-8H,2,9H2,1H3,(H2,19,20,24)(H,21,22,23). The Bertz CT molecular complexity index is 1030. The Morgan fingerprint density at radius 2 is 1.78 bits per heavy atom. The molecular weight excluding hydrogens is 368 g/mol. The number of ether oxygens (including phenoxy) is 2. The van der Waals surface area contributed by atoms with Gasteiger partial charge in [-0.3, -0.25) is 4.79 Å². The highest BCUT2D eigenvalue weighted by Crippen LogP contribution is 2.34. The smallest absolute Gasteiger partial charge is 0.323 e. The van der Waals surface area contributed by atoms with Gasteiger partial charge in [-0.25, -0.2) is 9.78 Å². The molecule has 0 saturated carbocycles. The fourth-order valence-electron chi connectivity index (χ4n) is 2.53. The molecular formula is C18H16N4O4S. The second kappa shape index (κ2) is 7.12. The summed E-state index contributed by atoms with van der Waals surface area (Å²) in [7, 11) is 0. The fraction of sp³-hybridized carbons (Fsp3) is 0.167. The number of nitrogens with zero attached hydrogens (tertiary/aromatic N) is 1. The topological polar surface area (TPSA) is 102 Å². The highest BCUT2D eigenvalue weighted by molar-refractivity contribution is 7.22. The maximum Gasteiger partial charge on any atom is 0.323 e. The zero-order valence-corrected chi connectivity index (χ0v) is 15.2. The van der Waals surface area contributed by atoms with Crippen molar-refractivity contribution in [1.29, 1.82) is 0 Å². The van der Waals surface area contributed by atoms with Gasteiger partial charge < -0.3 is 25.4 Å². The predicted octanol–water partition coefficient (Wildman–Crippen LogP) is 4.02. The number of carbonyl (C=O) groups is 2. The molecule has 2 heterocycles. The first-order valence-corrected chi connectivity index (χ1v) is 9.10. The lowest BCUT2D eigenvalue weighted by Crippen LogP contribution is -2.19. The van der Waals surface area contributed by atoms with Crippen molar-refractivity contribution in [2.75, 3.05) is 22.7 Å². The molecule has 0 bridgehead atoms. The van der Waals surface area contributed by atoms with Crippen LogP contribution >= 0.6 is 11.3 Å². The van der Waals surface area contributed by atoms with Crippen LogP contribution in [0.1, 0.15) is 13.3 Å². The molecule has 3 N–H and O–H groups in total. The van der Waals surface area contributed by atoms with Gasteiger partial charge in [-0.05, 0) is 30.3 Å². The van der Waals surface area contributed by atoms with Crippen LogP contribution in [0.25, 0.3) is 10.2 Å². The largest absolute Gasteiger partial charge is 0.454 e. The first-order chi connectivity index (χ1) is 13.1. The monoisotopic (exact) mass is 384 g/mol. The zero-order chi connectivity index (χ0) is 18.8. The van der Waals surface area contributed by atoms with E-state index in [9.17, 15) is 9.59 Å². The molecule has 1 aliphatic heterocycles. The van der Waals surface area contributed by atoms with Gasteiger partial charge >= 0.3 is 6.03 Å². The van der Waals surface area contributed by atoms with Crippen molar-refractivity contribution in [3.8, 4) is 11.5 Å². The third-order valence-corrected chi connectivity index (χ3v) is 4.78. The SMILES string of the molecule is CCC(=O)Nc1nc2ccc(NC(=O)Nc3ccc4c(c3)OCO4)cc2s1. The number of benzene rings is 2. The summed E-state index contributed by atoms with van der Waals surface area (Å²) < 4.78 is 11.4. The van der Waals surface area contributed by atoms with Gasteiger partial charge in [0.25, 0.3) is 0 Å². The molecule has 138 valence electrons. The van der Waals surface area contributed by atoms with E-state index in [1.54, 1.807) is 37.3 Å². The first kappa shape index (κ1) is 17.1. The number of amides is 3. The summed E-state index contributed by atoms with van der Waals surface area (Å²) in [5, 5.41) is 8.81. The molecule has 0 atom stereocenters. The number of urea groups is 1. The Labute approximate surface area is 158 Å². The minimum absolute atomic E-state index is 0.0875. The van der Waals surface area contributed by atoms with Crippen LogP contribution in [-0.2, 0) is 4.79 Å². The van der Waals surface area contributed by atoms with Crippen molar-refractivity contribution >= 4 is 50.0 Å². The Morgan fingerprint density at radius 3 is 2.59 bits per heavy atom. The maximum atomic E-state index is 12.2. The van der Waals surface area contributed by atoms with Crippen molar-refractivity contribution in [1.82, 2.24) is 4.98 Å². The number of rotatable bonds is 4. The van der Waals surface area contributed by atoms with E-state index >= 15 is 0 Å². The van der Waals surface area contributed by atoms with Gasteiger partial charge in [0.2, 0.25) is 12.7 Å². The number of hydrogen-bond acceptors (Lipinski definition) is 6. The van der Waals surface area contributed by atoms with Crippen molar-refractivity contribution in [2.45, 2.75) is 13.3 Å². The Balaban J connectivity index is 1.44. The number of anilines is 3. The Hall–Kier alpha value is -3.33. The lowest BCUT2D eigenvalue weighted by molar-refractivity contribution is -0.115. The maximum absolute atomic E-state index is 12.2. The summed E-state index contributed by atoms with van der Waals surface area (Å²) in [5.41, 5.74) is 1.98. The van der Waals surface area contributed by atoms with Crippen LogP contribution in [0.4, 0.5) is 21.3 Å². The van der Waals surface area contributed by atoms with Gasteiger partial charge in [0.15, 0.2) is 16.6 Å². The average molecular weight is 384 g/mol. The summed E-state index contributed by atoms with van der Waals surface area (Å²) >= 11 is 1.35. The molecule has 0 spiro atoms. The van der Waals surface area contributed by atoms with E-state index in [0.717, 1.165) is 10.2 Å². The van der Waals surface area contributed by atoms with Crippen LogP contribution in [0.15, 0.2) is 36.4 Å². The molecule has 0 fully saturated rings. The summed E-state index contributed by atoms with van der Waals surface area (Å²) in [6, 6.07) is 10.2. The number of aromatic nitrogens is 1. The van der Waals surface area contributed by atoms with Crippen molar-refractivity contribution < 1.29 is 19.1 Å². The van der Waals surface area contributed by atoms with Gasteiger partial charge in [0.1, 0.15) is 0 Å². The molecule has 0 unspecified atom stereocenters. The Morgan fingerprint density at radius 1 is 1.04 bits per heavy atom. The molecule has 0 saturated heterocycles. The van der Waals surface area contributed by atoms with Crippen LogP contribution in [0.5, 0.6) is 11.5 Å². The van der Waals surface area contributed by atoms with Gasteiger partial charge in [0, 0.05) is 23.9 Å². The normalized spacial score (nSPS) is 12.0. The van der Waals surface area contributed by atoms with Crippen LogP contribution in [0, 0.1) is 0 Å². The number of thiazole rings is 1. The summed E-state index contributed by atoms with van der Waals surface area (Å²) in [6.07, 6.45) is 0.392. The lowest BCUT2D eigenvalue weighted by atomic mass is 10.3. The van der Waals surface area contributed by atoms with E-state index < -0.39 is 0 Å². The van der Waals surface area contributed by atoms with Gasteiger partial charge in [-0.1, -0.05) is 18.3 Å². The first-order valence-electron chi connectivity index (χ1n) is 8.29. The molecule has 1 aromatic heterocycles. The minimum Gasteiger partial charge on any atom is -0.454 e. The molecule has 0 aliphatic carbocycles. The van der Waals surface area contributed by atoms with E-state index in [1.165, 1.54) is 11.3 Å². The molecule has 9 heteroatoms. The van der Waals surface area contributed by atoms with Crippen molar-refractivity contribution in [3.05, 3.63) is 36.4 Å². The third kappa shape index (κ3) is 3.77. The summed E-state index contributed by atoms with van der Waals surface area (Å²) in [5.74, 6) is 1.17. The second-order valence-electron chi connectivity index (χ2n) is 5.75. The van der Waals surface area contributed by atoms with E-state index in [1.807, 2.05) is 6.07 Å². The van der Waals surface area contributed by atoms with Crippen molar-refractivity contribution in [3.63, 3.8) is 0 Å². The van der Waals surface area contributed by atoms with Gasteiger partial charge in [-0.15, -0.1) is 0 Å². The van der Waals surface area contributed by atoms with E-state index in [-0.39, 0.29) is 18.7 Å². The molecule has 27 heavy (non-hydrogen) atoms. The number of fused-ring (bicyclic) bond motifs is 2. The minimum atomic E-state index is -0.378. The second-order valence-corrected chi connectivity index (χ2v) is 6.78. The highest BCUT2D eigenvalue weighted by atomic mass is 32.1. The average Bonchev–Trinajstić information content (AvgIpc) is 3.26. The predicted molar refractivity (Wildman–Crippen MR) is 104 cm³/mol. The molecule has 3 amide bonds. The van der Waals surface area contributed by atoms with Gasteiger partial charge in [-0.2, -0.15) is 0 Å². The summed E-state index contributed by atoms with van der Waals surface area (Å²) in [6.45, 7) is 1.96. The van der Waals surface area contributed by atoms with E-state index in [2.05, 4.69) is 20.9 Å². The third-order valence-electron chi connectivity index (χ3n) is 3.84. The number of carbonyl (C=O) groups excluding carboxylic acids is 2. The molecule has 4 rings (SSSR count). The lowest BCUT2D eigenvalue weighted by Gasteiger charge is -2.08. The molecule has 3 aromatic rings. The fourth-order valence-corrected chi connectivity index (χ4v) is 3.45.